The number of nitrogens with one attached hydrogen (secondary N) is 1. The topological polar surface area (TPSA) is 55.1 Å². The van der Waals surface area contributed by atoms with Gasteiger partial charge >= 0.3 is 0 Å². The Morgan fingerprint density at radius 2 is 2.10 bits per heavy atom. The Morgan fingerprint density at radius 1 is 1.30 bits per heavy atom. The van der Waals surface area contributed by atoms with E-state index in [-0.39, 0.29) is 5.82 Å². The van der Waals surface area contributed by atoms with Crippen LogP contribution in [0.2, 0.25) is 0 Å². The SMILES string of the molecule is NNC(=O)c1ccc(F)c(CSc2cccc(Br)c2)c1. The second-order valence-corrected chi connectivity index (χ2v) is 5.99. The Hall–Kier alpha value is -1.37. The molecule has 3 nitrogen and oxygen atoms in total. The van der Waals surface area contributed by atoms with Crippen molar-refractivity contribution in [3.8, 4) is 0 Å². The number of hydrazine groups is 1. The van der Waals surface area contributed by atoms with Crippen LogP contribution in [-0.2, 0) is 5.75 Å². The Kier molecular flexibility index (Phi) is 5.17. The summed E-state index contributed by atoms with van der Waals surface area (Å²) in [6.45, 7) is 0. The maximum absolute atomic E-state index is 13.7. The average Bonchev–Trinajstić information content (AvgIpc) is 2.45. The molecule has 2 rings (SSSR count). The van der Waals surface area contributed by atoms with Crippen LogP contribution in [0.25, 0.3) is 0 Å². The minimum absolute atomic E-state index is 0.332. The van der Waals surface area contributed by atoms with E-state index in [1.54, 1.807) is 0 Å². The number of nitrogen functional groups attached to an aromatic ring is 1. The average molecular weight is 355 g/mol. The fourth-order valence-corrected chi connectivity index (χ4v) is 3.11. The highest BCUT2D eigenvalue weighted by Crippen LogP contribution is 2.26. The molecule has 0 bridgehead atoms. The molecule has 2 aromatic carbocycles. The number of benzene rings is 2. The maximum Gasteiger partial charge on any atom is 0.265 e. The summed E-state index contributed by atoms with van der Waals surface area (Å²) >= 11 is 4.89. The Bertz CT molecular complexity index is 636. The molecule has 0 aliphatic carbocycles. The number of halogens is 2. The summed E-state index contributed by atoms with van der Waals surface area (Å²) in [5, 5.41) is 0. The number of thioether (sulfide) groups is 1. The van der Waals surface area contributed by atoms with Crippen molar-refractivity contribution in [2.75, 3.05) is 0 Å². The van der Waals surface area contributed by atoms with E-state index in [4.69, 9.17) is 5.84 Å². The third-order valence-electron chi connectivity index (χ3n) is 2.63. The van der Waals surface area contributed by atoms with Crippen LogP contribution < -0.4 is 11.3 Å². The van der Waals surface area contributed by atoms with Gasteiger partial charge in [0.25, 0.3) is 5.91 Å². The normalized spacial score (nSPS) is 10.3. The fourth-order valence-electron chi connectivity index (χ4n) is 1.63. The molecule has 20 heavy (non-hydrogen) atoms. The van der Waals surface area contributed by atoms with Crippen molar-refractivity contribution in [1.29, 1.82) is 0 Å². The first-order chi connectivity index (χ1) is 9.60. The van der Waals surface area contributed by atoms with Crippen LogP contribution in [0.1, 0.15) is 15.9 Å². The van der Waals surface area contributed by atoms with E-state index in [0.29, 0.717) is 16.9 Å². The molecule has 104 valence electrons. The van der Waals surface area contributed by atoms with Crippen LogP contribution in [0.3, 0.4) is 0 Å². The minimum Gasteiger partial charge on any atom is -0.290 e. The third kappa shape index (κ3) is 3.82. The molecule has 6 heteroatoms. The summed E-state index contributed by atoms with van der Waals surface area (Å²) in [6.07, 6.45) is 0. The highest BCUT2D eigenvalue weighted by Gasteiger charge is 2.09. The monoisotopic (exact) mass is 354 g/mol. The molecule has 0 aliphatic heterocycles. The lowest BCUT2D eigenvalue weighted by atomic mass is 10.1. The number of amides is 1. The molecular formula is C14H12BrFN2OS. The Labute approximate surface area is 128 Å². The van der Waals surface area contributed by atoms with Gasteiger partial charge in [-0.15, -0.1) is 11.8 Å². The number of hydrogen-bond donors (Lipinski definition) is 2. The zero-order valence-corrected chi connectivity index (χ0v) is 12.8. The van der Waals surface area contributed by atoms with Gasteiger partial charge in [-0.05, 0) is 42.0 Å². The maximum atomic E-state index is 13.7. The van der Waals surface area contributed by atoms with Crippen molar-refractivity contribution >= 4 is 33.6 Å². The van der Waals surface area contributed by atoms with Crippen LogP contribution in [-0.4, -0.2) is 5.91 Å². The molecule has 2 aromatic rings. The van der Waals surface area contributed by atoms with Crippen molar-refractivity contribution in [3.05, 3.63) is 63.9 Å². The zero-order valence-electron chi connectivity index (χ0n) is 10.4. The van der Waals surface area contributed by atoms with E-state index >= 15 is 0 Å². The molecule has 0 atom stereocenters. The standard InChI is InChI=1S/C14H12BrFN2OS/c15-11-2-1-3-12(7-11)20-8-10-6-9(14(19)18-17)4-5-13(10)16/h1-7H,8,17H2,(H,18,19). The molecule has 0 heterocycles. The van der Waals surface area contributed by atoms with E-state index in [1.807, 2.05) is 29.7 Å². The molecule has 0 aliphatic rings. The fraction of sp³-hybridized carbons (Fsp3) is 0.0714. The Balaban J connectivity index is 2.14. The molecule has 0 saturated carbocycles. The van der Waals surface area contributed by atoms with E-state index in [1.165, 1.54) is 30.0 Å². The van der Waals surface area contributed by atoms with Gasteiger partial charge in [0.15, 0.2) is 0 Å². The van der Waals surface area contributed by atoms with Gasteiger partial charge in [-0.1, -0.05) is 22.0 Å². The van der Waals surface area contributed by atoms with Crippen molar-refractivity contribution in [2.24, 2.45) is 5.84 Å². The number of carbonyl (C=O) groups is 1. The summed E-state index contributed by atoms with van der Waals surface area (Å²) in [7, 11) is 0. The van der Waals surface area contributed by atoms with Crippen LogP contribution in [0, 0.1) is 5.82 Å². The van der Waals surface area contributed by atoms with Crippen molar-refractivity contribution < 1.29 is 9.18 Å². The minimum atomic E-state index is -0.432. The van der Waals surface area contributed by atoms with Gasteiger partial charge in [-0.3, -0.25) is 10.2 Å². The molecule has 0 unspecified atom stereocenters. The summed E-state index contributed by atoms with van der Waals surface area (Å²) in [4.78, 5) is 12.4. The van der Waals surface area contributed by atoms with Gasteiger partial charge in [0.1, 0.15) is 5.82 Å². The lowest BCUT2D eigenvalue weighted by molar-refractivity contribution is 0.0953. The quantitative estimate of drug-likeness (QED) is 0.382. The van der Waals surface area contributed by atoms with Crippen molar-refractivity contribution in [1.82, 2.24) is 5.43 Å². The summed E-state index contributed by atoms with van der Waals surface area (Å²) < 4.78 is 14.7. The second kappa shape index (κ2) is 6.88. The highest BCUT2D eigenvalue weighted by molar-refractivity contribution is 9.10. The summed E-state index contributed by atoms with van der Waals surface area (Å²) in [6, 6.07) is 12.0. The van der Waals surface area contributed by atoms with E-state index < -0.39 is 5.91 Å². The molecule has 1 amide bonds. The van der Waals surface area contributed by atoms with Gasteiger partial charge in [0.05, 0.1) is 0 Å². The highest BCUT2D eigenvalue weighted by atomic mass is 79.9. The lowest BCUT2D eigenvalue weighted by Gasteiger charge is -2.06. The van der Waals surface area contributed by atoms with Crippen LogP contribution >= 0.6 is 27.7 Å². The number of carbonyl (C=O) groups excluding carboxylic acids is 1. The van der Waals surface area contributed by atoms with E-state index in [2.05, 4.69) is 15.9 Å². The predicted molar refractivity (Wildman–Crippen MR) is 81.8 cm³/mol. The van der Waals surface area contributed by atoms with E-state index in [0.717, 1.165) is 9.37 Å². The summed E-state index contributed by atoms with van der Waals surface area (Å²) in [5.41, 5.74) is 2.85. The van der Waals surface area contributed by atoms with Gasteiger partial charge in [0.2, 0.25) is 0 Å². The number of hydrogen-bond acceptors (Lipinski definition) is 3. The number of nitrogens with two attached hydrogens (primary N) is 1. The molecule has 0 fully saturated rings. The number of rotatable bonds is 4. The molecule has 0 saturated heterocycles. The van der Waals surface area contributed by atoms with Crippen LogP contribution in [0.15, 0.2) is 51.8 Å². The Morgan fingerprint density at radius 3 is 2.80 bits per heavy atom. The first kappa shape index (κ1) is 15.0. The zero-order chi connectivity index (χ0) is 14.5. The van der Waals surface area contributed by atoms with Crippen LogP contribution in [0.4, 0.5) is 4.39 Å². The molecule has 0 aromatic heterocycles. The molecule has 0 spiro atoms. The molecular weight excluding hydrogens is 343 g/mol. The van der Waals surface area contributed by atoms with Crippen molar-refractivity contribution in [3.63, 3.8) is 0 Å². The van der Waals surface area contributed by atoms with Gasteiger partial charge in [-0.25, -0.2) is 10.2 Å². The van der Waals surface area contributed by atoms with E-state index in [9.17, 15) is 9.18 Å². The van der Waals surface area contributed by atoms with Crippen LogP contribution in [0.5, 0.6) is 0 Å². The molecule has 0 radical (unpaired) electrons. The van der Waals surface area contributed by atoms with Gasteiger partial charge in [-0.2, -0.15) is 0 Å². The van der Waals surface area contributed by atoms with Gasteiger partial charge in [0, 0.05) is 20.7 Å². The lowest BCUT2D eigenvalue weighted by Crippen LogP contribution is -2.30. The second-order valence-electron chi connectivity index (χ2n) is 4.03. The molecule has 3 N–H and O–H groups in total. The smallest absolute Gasteiger partial charge is 0.265 e. The third-order valence-corrected chi connectivity index (χ3v) is 4.17. The van der Waals surface area contributed by atoms with Gasteiger partial charge < -0.3 is 0 Å². The summed E-state index contributed by atoms with van der Waals surface area (Å²) in [5.74, 6) is 4.74. The first-order valence-electron chi connectivity index (χ1n) is 5.78. The largest absolute Gasteiger partial charge is 0.290 e. The van der Waals surface area contributed by atoms with Crippen molar-refractivity contribution in [2.45, 2.75) is 10.6 Å². The first-order valence-corrected chi connectivity index (χ1v) is 7.56. The predicted octanol–water partition coefficient (Wildman–Crippen LogP) is 3.48.